The summed E-state index contributed by atoms with van der Waals surface area (Å²) in [6, 6.07) is 7.48. The zero-order valence-corrected chi connectivity index (χ0v) is 10.8. The van der Waals surface area contributed by atoms with Crippen LogP contribution in [0.2, 0.25) is 0 Å². The molecule has 1 aromatic heterocycles. The van der Waals surface area contributed by atoms with Gasteiger partial charge in [-0.3, -0.25) is 0 Å². The van der Waals surface area contributed by atoms with E-state index in [4.69, 9.17) is 5.73 Å². The van der Waals surface area contributed by atoms with E-state index in [9.17, 15) is 8.42 Å². The summed E-state index contributed by atoms with van der Waals surface area (Å²) >= 11 is 0. The van der Waals surface area contributed by atoms with E-state index in [1.807, 2.05) is 35.9 Å². The maximum atomic E-state index is 11.6. The van der Waals surface area contributed by atoms with Gasteiger partial charge in [-0.05, 0) is 24.3 Å². The summed E-state index contributed by atoms with van der Waals surface area (Å²) < 4.78 is 25.2. The van der Waals surface area contributed by atoms with Crippen LogP contribution in [0.5, 0.6) is 0 Å². The highest BCUT2D eigenvalue weighted by Crippen LogP contribution is 2.22. The van der Waals surface area contributed by atoms with Gasteiger partial charge in [-0.2, -0.15) is 0 Å². The maximum absolute atomic E-state index is 11.6. The molecule has 0 aliphatic rings. The predicted molar refractivity (Wildman–Crippen MR) is 70.5 cm³/mol. The molecule has 17 heavy (non-hydrogen) atoms. The number of rotatable bonds is 3. The average Bonchev–Trinajstić information content (AvgIpc) is 2.55. The molecule has 0 saturated heterocycles. The van der Waals surface area contributed by atoms with Crippen LogP contribution in [0.15, 0.2) is 24.3 Å². The Labute approximate surface area is 101 Å². The Morgan fingerprint density at radius 1 is 1.29 bits per heavy atom. The summed E-state index contributed by atoms with van der Waals surface area (Å²) in [4.78, 5) is 0. The standard InChI is InChI=1S/C12H16N2O2S/c1-3-17(15,16)8-11-7-9-6-10(13)4-5-12(9)14(11)2/h4-7H,3,8,13H2,1-2H3. The molecule has 0 bridgehead atoms. The molecule has 2 N–H and O–H groups in total. The molecule has 92 valence electrons. The zero-order chi connectivity index (χ0) is 12.6. The van der Waals surface area contributed by atoms with Gasteiger partial charge in [0, 0.05) is 35.1 Å². The first-order valence-corrected chi connectivity index (χ1v) is 7.29. The van der Waals surface area contributed by atoms with Crippen LogP contribution < -0.4 is 5.73 Å². The highest BCUT2D eigenvalue weighted by atomic mass is 32.2. The van der Waals surface area contributed by atoms with Crippen LogP contribution in [0.1, 0.15) is 12.6 Å². The SMILES string of the molecule is CCS(=O)(=O)Cc1cc2cc(N)ccc2n1C. The van der Waals surface area contributed by atoms with Gasteiger partial charge in [0.25, 0.3) is 0 Å². The number of nitrogens with two attached hydrogens (primary N) is 1. The Balaban J connectivity index is 2.53. The number of nitrogen functional groups attached to an aromatic ring is 1. The maximum Gasteiger partial charge on any atom is 0.155 e. The predicted octanol–water partition coefficient (Wildman–Crippen LogP) is 1.70. The van der Waals surface area contributed by atoms with Crippen molar-refractivity contribution in [2.45, 2.75) is 12.7 Å². The van der Waals surface area contributed by atoms with Gasteiger partial charge in [-0.25, -0.2) is 8.42 Å². The van der Waals surface area contributed by atoms with Crippen molar-refractivity contribution in [2.24, 2.45) is 7.05 Å². The van der Waals surface area contributed by atoms with Gasteiger partial charge in [-0.15, -0.1) is 0 Å². The second-order valence-corrected chi connectivity index (χ2v) is 6.54. The molecule has 0 radical (unpaired) electrons. The Hall–Kier alpha value is -1.49. The van der Waals surface area contributed by atoms with E-state index >= 15 is 0 Å². The van der Waals surface area contributed by atoms with Crippen LogP contribution in [0.25, 0.3) is 10.9 Å². The zero-order valence-electron chi connectivity index (χ0n) is 9.97. The lowest BCUT2D eigenvalue weighted by atomic mass is 10.2. The molecule has 2 aromatic rings. The van der Waals surface area contributed by atoms with Gasteiger partial charge in [0.2, 0.25) is 0 Å². The number of aromatic nitrogens is 1. The van der Waals surface area contributed by atoms with E-state index in [0.29, 0.717) is 5.69 Å². The number of hydrogen-bond acceptors (Lipinski definition) is 3. The Morgan fingerprint density at radius 3 is 2.65 bits per heavy atom. The first-order valence-electron chi connectivity index (χ1n) is 5.47. The molecule has 0 saturated carbocycles. The molecule has 0 spiro atoms. The monoisotopic (exact) mass is 252 g/mol. The molecule has 2 rings (SSSR count). The van der Waals surface area contributed by atoms with Gasteiger partial charge < -0.3 is 10.3 Å². The van der Waals surface area contributed by atoms with Crippen LogP contribution >= 0.6 is 0 Å². The Morgan fingerprint density at radius 2 is 2.00 bits per heavy atom. The number of benzene rings is 1. The van der Waals surface area contributed by atoms with Crippen molar-refractivity contribution in [3.05, 3.63) is 30.0 Å². The van der Waals surface area contributed by atoms with E-state index in [0.717, 1.165) is 16.6 Å². The van der Waals surface area contributed by atoms with Crippen LogP contribution in [0.4, 0.5) is 5.69 Å². The van der Waals surface area contributed by atoms with Gasteiger partial charge in [0.1, 0.15) is 0 Å². The lowest BCUT2D eigenvalue weighted by Crippen LogP contribution is -2.09. The van der Waals surface area contributed by atoms with E-state index in [-0.39, 0.29) is 11.5 Å². The third kappa shape index (κ3) is 2.29. The average molecular weight is 252 g/mol. The van der Waals surface area contributed by atoms with E-state index in [2.05, 4.69) is 0 Å². The molecule has 1 heterocycles. The van der Waals surface area contributed by atoms with Crippen molar-refractivity contribution in [3.63, 3.8) is 0 Å². The smallest absolute Gasteiger partial charge is 0.155 e. The topological polar surface area (TPSA) is 65.1 Å². The molecule has 1 aromatic carbocycles. The molecule has 5 heteroatoms. The fourth-order valence-corrected chi connectivity index (χ4v) is 2.82. The van der Waals surface area contributed by atoms with Crippen molar-refractivity contribution in [1.82, 2.24) is 4.57 Å². The summed E-state index contributed by atoms with van der Waals surface area (Å²) in [5.41, 5.74) is 8.20. The van der Waals surface area contributed by atoms with Crippen molar-refractivity contribution < 1.29 is 8.42 Å². The molecule has 0 atom stereocenters. The summed E-state index contributed by atoms with van der Waals surface area (Å²) in [6.07, 6.45) is 0. The molecule has 0 aliphatic carbocycles. The number of aryl methyl sites for hydroxylation is 1. The van der Waals surface area contributed by atoms with Crippen LogP contribution in [0.3, 0.4) is 0 Å². The summed E-state index contributed by atoms with van der Waals surface area (Å²) in [5.74, 6) is 0.241. The number of fused-ring (bicyclic) bond motifs is 1. The number of anilines is 1. The summed E-state index contributed by atoms with van der Waals surface area (Å²) in [7, 11) is -1.13. The lowest BCUT2D eigenvalue weighted by Gasteiger charge is -2.04. The highest BCUT2D eigenvalue weighted by molar-refractivity contribution is 7.90. The van der Waals surface area contributed by atoms with Gasteiger partial charge >= 0.3 is 0 Å². The molecule has 0 fully saturated rings. The van der Waals surface area contributed by atoms with E-state index < -0.39 is 9.84 Å². The second kappa shape index (κ2) is 4.07. The van der Waals surface area contributed by atoms with Crippen molar-refractivity contribution in [2.75, 3.05) is 11.5 Å². The summed E-state index contributed by atoms with van der Waals surface area (Å²) in [6.45, 7) is 1.66. The van der Waals surface area contributed by atoms with Crippen LogP contribution in [-0.2, 0) is 22.6 Å². The fourth-order valence-electron chi connectivity index (χ4n) is 1.89. The minimum atomic E-state index is -3.00. The number of hydrogen-bond donors (Lipinski definition) is 1. The molecular formula is C12H16N2O2S. The van der Waals surface area contributed by atoms with Crippen molar-refractivity contribution >= 4 is 26.4 Å². The molecule has 0 aliphatic heterocycles. The molecule has 0 unspecified atom stereocenters. The van der Waals surface area contributed by atoms with E-state index in [1.54, 1.807) is 6.92 Å². The van der Waals surface area contributed by atoms with E-state index in [1.165, 1.54) is 0 Å². The van der Waals surface area contributed by atoms with Crippen molar-refractivity contribution in [3.8, 4) is 0 Å². The van der Waals surface area contributed by atoms with Crippen LogP contribution in [-0.4, -0.2) is 18.7 Å². The second-order valence-electron chi connectivity index (χ2n) is 4.19. The first-order chi connectivity index (χ1) is 7.93. The largest absolute Gasteiger partial charge is 0.399 e. The number of sulfone groups is 1. The fraction of sp³-hybridized carbons (Fsp3) is 0.333. The lowest BCUT2D eigenvalue weighted by molar-refractivity contribution is 0.595. The Bertz CT molecular complexity index is 656. The van der Waals surface area contributed by atoms with Crippen molar-refractivity contribution in [1.29, 1.82) is 0 Å². The van der Waals surface area contributed by atoms with Gasteiger partial charge in [0.15, 0.2) is 9.84 Å². The normalized spacial score (nSPS) is 12.1. The minimum Gasteiger partial charge on any atom is -0.399 e. The quantitative estimate of drug-likeness (QED) is 0.845. The third-order valence-electron chi connectivity index (χ3n) is 2.97. The number of nitrogens with zero attached hydrogens (tertiary/aromatic N) is 1. The molecular weight excluding hydrogens is 236 g/mol. The van der Waals surface area contributed by atoms with Crippen LogP contribution in [0, 0.1) is 0 Å². The molecule has 4 nitrogen and oxygen atoms in total. The minimum absolute atomic E-state index is 0.0780. The Kier molecular flexibility index (Phi) is 2.87. The first kappa shape index (κ1) is 12.0. The highest BCUT2D eigenvalue weighted by Gasteiger charge is 2.13. The summed E-state index contributed by atoms with van der Waals surface area (Å²) in [5, 5.41) is 0.980. The molecule has 0 amide bonds. The third-order valence-corrected chi connectivity index (χ3v) is 4.59. The van der Waals surface area contributed by atoms with Gasteiger partial charge in [0.05, 0.1) is 5.75 Å². The van der Waals surface area contributed by atoms with Gasteiger partial charge in [-0.1, -0.05) is 6.92 Å².